The van der Waals surface area contributed by atoms with Crippen molar-refractivity contribution in [2.75, 3.05) is 20.8 Å². The Morgan fingerprint density at radius 2 is 1.91 bits per heavy atom. The lowest BCUT2D eigenvalue weighted by Crippen LogP contribution is -2.36. The van der Waals surface area contributed by atoms with Crippen LogP contribution in [-0.2, 0) is 19.1 Å². The van der Waals surface area contributed by atoms with Crippen LogP contribution < -0.4 is 0 Å². The minimum absolute atomic E-state index is 0.358. The number of nitrogens with zero attached hydrogens (tertiary/aromatic N) is 2. The summed E-state index contributed by atoms with van der Waals surface area (Å²) >= 11 is 0. The third-order valence-electron chi connectivity index (χ3n) is 3.02. The van der Waals surface area contributed by atoms with E-state index in [1.807, 2.05) is 0 Å². The number of hydrogen-bond donors (Lipinski definition) is 0. The van der Waals surface area contributed by atoms with E-state index in [0.29, 0.717) is 5.56 Å². The molecule has 0 aliphatic carbocycles. The molecule has 0 N–H and O–H groups in total. The first-order valence-electron chi connectivity index (χ1n) is 6.21. The number of carbonyl (C=O) groups excluding carboxylic acids is 2. The maximum atomic E-state index is 14.1. The standard InChI is InChI=1S/C13H15FN2O6/c1-7-4-9(14)11(15-5-7)8(6-16(19)20)10(12(17)21-2)13(18)22-3/h4-5,8,10H,6H2,1-3H3. The third kappa shape index (κ3) is 3.96. The molecular weight excluding hydrogens is 299 g/mol. The van der Waals surface area contributed by atoms with Gasteiger partial charge in [0, 0.05) is 11.1 Å². The van der Waals surface area contributed by atoms with E-state index in [4.69, 9.17) is 0 Å². The highest BCUT2D eigenvalue weighted by Gasteiger charge is 2.43. The van der Waals surface area contributed by atoms with Gasteiger partial charge >= 0.3 is 11.9 Å². The molecule has 120 valence electrons. The van der Waals surface area contributed by atoms with E-state index < -0.39 is 41.1 Å². The van der Waals surface area contributed by atoms with Crippen molar-refractivity contribution < 1.29 is 28.4 Å². The Morgan fingerprint density at radius 3 is 2.32 bits per heavy atom. The Labute approximate surface area is 125 Å². The zero-order valence-corrected chi connectivity index (χ0v) is 12.2. The highest BCUT2D eigenvalue weighted by atomic mass is 19.1. The Hall–Kier alpha value is -2.58. The molecule has 22 heavy (non-hydrogen) atoms. The van der Waals surface area contributed by atoms with Crippen LogP contribution >= 0.6 is 0 Å². The Kier molecular flexibility index (Phi) is 5.90. The predicted molar refractivity (Wildman–Crippen MR) is 71.1 cm³/mol. The van der Waals surface area contributed by atoms with Crippen molar-refractivity contribution in [3.05, 3.63) is 39.5 Å². The van der Waals surface area contributed by atoms with Crippen molar-refractivity contribution >= 4 is 11.9 Å². The fourth-order valence-electron chi connectivity index (χ4n) is 2.01. The molecule has 0 aliphatic heterocycles. The van der Waals surface area contributed by atoms with Gasteiger partial charge in [0.1, 0.15) is 5.82 Å². The second kappa shape index (κ2) is 7.43. The van der Waals surface area contributed by atoms with E-state index in [1.54, 1.807) is 6.92 Å². The van der Waals surface area contributed by atoms with Crippen LogP contribution in [-0.4, -0.2) is 42.6 Å². The quantitative estimate of drug-likeness (QED) is 0.331. The summed E-state index contributed by atoms with van der Waals surface area (Å²) in [7, 11) is 2.03. The number of ether oxygens (including phenoxy) is 2. The number of nitro groups is 1. The molecule has 0 radical (unpaired) electrons. The Balaban J connectivity index is 3.38. The monoisotopic (exact) mass is 314 g/mol. The molecular formula is C13H15FN2O6. The van der Waals surface area contributed by atoms with E-state index in [9.17, 15) is 24.1 Å². The van der Waals surface area contributed by atoms with Gasteiger partial charge in [-0.25, -0.2) is 4.39 Å². The normalized spacial score (nSPS) is 11.9. The summed E-state index contributed by atoms with van der Waals surface area (Å²) in [4.78, 5) is 37.5. The number of carbonyl (C=O) groups is 2. The molecule has 0 aliphatic rings. The molecule has 0 bridgehead atoms. The predicted octanol–water partition coefficient (Wildman–Crippen LogP) is 0.852. The molecule has 1 aromatic heterocycles. The molecule has 0 aromatic carbocycles. The van der Waals surface area contributed by atoms with Crippen LogP contribution in [0.3, 0.4) is 0 Å². The molecule has 8 nitrogen and oxygen atoms in total. The van der Waals surface area contributed by atoms with E-state index in [0.717, 1.165) is 20.3 Å². The van der Waals surface area contributed by atoms with Gasteiger partial charge in [0.15, 0.2) is 5.92 Å². The average molecular weight is 314 g/mol. The first-order valence-corrected chi connectivity index (χ1v) is 6.21. The molecule has 0 saturated carbocycles. The Morgan fingerprint density at radius 1 is 1.36 bits per heavy atom. The fraction of sp³-hybridized carbons (Fsp3) is 0.462. The molecule has 1 rings (SSSR count). The number of halogens is 1. The van der Waals surface area contributed by atoms with Crippen LogP contribution in [0.1, 0.15) is 17.2 Å². The Bertz CT molecular complexity index is 576. The van der Waals surface area contributed by atoms with Crippen LogP contribution in [0.5, 0.6) is 0 Å². The number of rotatable bonds is 6. The van der Waals surface area contributed by atoms with E-state index in [2.05, 4.69) is 14.5 Å². The second-order valence-electron chi connectivity index (χ2n) is 4.53. The number of esters is 2. The lowest BCUT2D eigenvalue weighted by atomic mass is 9.88. The molecule has 0 amide bonds. The molecule has 1 atom stereocenters. The first-order chi connectivity index (χ1) is 10.3. The third-order valence-corrected chi connectivity index (χ3v) is 3.02. The number of hydrogen-bond acceptors (Lipinski definition) is 7. The summed E-state index contributed by atoms with van der Waals surface area (Å²) in [5.74, 6) is -6.06. The van der Waals surface area contributed by atoms with Gasteiger partial charge in [0.05, 0.1) is 25.8 Å². The molecule has 0 saturated heterocycles. The first kappa shape index (κ1) is 17.5. The zero-order chi connectivity index (χ0) is 16.9. The van der Waals surface area contributed by atoms with Gasteiger partial charge in [0.2, 0.25) is 6.54 Å². The molecule has 0 fully saturated rings. The average Bonchev–Trinajstić information content (AvgIpc) is 2.45. The molecule has 9 heteroatoms. The van der Waals surface area contributed by atoms with Crippen molar-refractivity contribution in [1.29, 1.82) is 0 Å². The van der Waals surface area contributed by atoms with Crippen molar-refractivity contribution in [2.45, 2.75) is 12.8 Å². The summed E-state index contributed by atoms with van der Waals surface area (Å²) < 4.78 is 23.0. The van der Waals surface area contributed by atoms with Crippen molar-refractivity contribution in [3.63, 3.8) is 0 Å². The van der Waals surface area contributed by atoms with Crippen molar-refractivity contribution in [2.24, 2.45) is 5.92 Å². The van der Waals surface area contributed by atoms with Gasteiger partial charge in [0.25, 0.3) is 0 Å². The van der Waals surface area contributed by atoms with Crippen LogP contribution in [0, 0.1) is 28.8 Å². The zero-order valence-electron chi connectivity index (χ0n) is 12.2. The van der Waals surface area contributed by atoms with Crippen LogP contribution in [0.2, 0.25) is 0 Å². The number of aryl methyl sites for hydroxylation is 1. The van der Waals surface area contributed by atoms with Gasteiger partial charge < -0.3 is 9.47 Å². The largest absolute Gasteiger partial charge is 0.468 e. The lowest BCUT2D eigenvalue weighted by Gasteiger charge is -2.20. The number of methoxy groups -OCH3 is 2. The van der Waals surface area contributed by atoms with Gasteiger partial charge in [-0.2, -0.15) is 0 Å². The van der Waals surface area contributed by atoms with Crippen LogP contribution in [0.4, 0.5) is 4.39 Å². The number of aromatic nitrogens is 1. The van der Waals surface area contributed by atoms with Crippen molar-refractivity contribution in [3.8, 4) is 0 Å². The number of pyridine rings is 1. The van der Waals surface area contributed by atoms with E-state index in [1.165, 1.54) is 6.20 Å². The summed E-state index contributed by atoms with van der Waals surface area (Å²) in [5, 5.41) is 10.8. The van der Waals surface area contributed by atoms with Crippen LogP contribution in [0.15, 0.2) is 12.3 Å². The molecule has 1 aromatic rings. The highest BCUT2D eigenvalue weighted by molar-refractivity contribution is 5.96. The summed E-state index contributed by atoms with van der Waals surface area (Å²) in [5.41, 5.74) is 0.136. The van der Waals surface area contributed by atoms with Crippen LogP contribution in [0.25, 0.3) is 0 Å². The highest BCUT2D eigenvalue weighted by Crippen LogP contribution is 2.28. The maximum Gasteiger partial charge on any atom is 0.321 e. The van der Waals surface area contributed by atoms with Gasteiger partial charge in [-0.1, -0.05) is 0 Å². The topological polar surface area (TPSA) is 109 Å². The van der Waals surface area contributed by atoms with Gasteiger partial charge in [-0.15, -0.1) is 0 Å². The summed E-state index contributed by atoms with van der Waals surface area (Å²) in [6.45, 7) is 0.711. The summed E-state index contributed by atoms with van der Waals surface area (Å²) in [6.07, 6.45) is 1.29. The SMILES string of the molecule is COC(=O)C(C(=O)OC)C(C[N+](=O)[O-])c1ncc(C)cc1F. The van der Waals surface area contributed by atoms with Crippen molar-refractivity contribution in [1.82, 2.24) is 4.98 Å². The second-order valence-corrected chi connectivity index (χ2v) is 4.53. The minimum atomic E-state index is -1.68. The smallest absolute Gasteiger partial charge is 0.321 e. The summed E-state index contributed by atoms with van der Waals surface area (Å²) in [6, 6.07) is 1.11. The lowest BCUT2D eigenvalue weighted by molar-refractivity contribution is -0.484. The fourth-order valence-corrected chi connectivity index (χ4v) is 2.01. The molecule has 1 heterocycles. The molecule has 0 spiro atoms. The van der Waals surface area contributed by atoms with Gasteiger partial charge in [-0.3, -0.25) is 24.7 Å². The molecule has 1 unspecified atom stereocenters. The van der Waals surface area contributed by atoms with E-state index >= 15 is 0 Å². The van der Waals surface area contributed by atoms with Gasteiger partial charge in [-0.05, 0) is 18.6 Å². The van der Waals surface area contributed by atoms with E-state index in [-0.39, 0.29) is 5.69 Å². The maximum absolute atomic E-state index is 14.1. The minimum Gasteiger partial charge on any atom is -0.468 e.